The molecular weight excluding hydrogens is 310 g/mol. The molecule has 0 unspecified atom stereocenters. The number of rotatable bonds is 4. The minimum atomic E-state index is -2.98. The van der Waals surface area contributed by atoms with E-state index in [1.54, 1.807) is 0 Å². The normalized spacial score (nSPS) is 10.7. The van der Waals surface area contributed by atoms with Crippen molar-refractivity contribution < 1.29 is 18.5 Å². The summed E-state index contributed by atoms with van der Waals surface area (Å²) in [5, 5.41) is 16.2. The number of nitro benzene ring substituents is 1. The summed E-state index contributed by atoms with van der Waals surface area (Å²) in [6, 6.07) is 4.50. The summed E-state index contributed by atoms with van der Waals surface area (Å²) in [6.45, 7) is -2.98. The van der Waals surface area contributed by atoms with Crippen molar-refractivity contribution in [1.29, 1.82) is 0 Å². The first-order valence-electron chi connectivity index (χ1n) is 5.47. The van der Waals surface area contributed by atoms with E-state index in [1.165, 1.54) is 6.07 Å². The molecule has 7 nitrogen and oxygen atoms in total. The van der Waals surface area contributed by atoms with Gasteiger partial charge in [-0.3, -0.25) is 14.9 Å². The topological polar surface area (TPSA) is 90.1 Å². The molecule has 0 saturated heterocycles. The predicted molar refractivity (Wildman–Crippen MR) is 69.5 cm³/mol. The van der Waals surface area contributed by atoms with Gasteiger partial charge in [-0.1, -0.05) is 11.6 Å². The molecule has 110 valence electrons. The van der Waals surface area contributed by atoms with E-state index in [4.69, 9.17) is 11.6 Å². The van der Waals surface area contributed by atoms with E-state index in [9.17, 15) is 23.7 Å². The highest BCUT2D eigenvalue weighted by atomic mass is 35.5. The summed E-state index contributed by atoms with van der Waals surface area (Å²) < 4.78 is 25.5. The molecule has 1 N–H and O–H groups in total. The molecule has 2 aromatic rings. The van der Waals surface area contributed by atoms with Crippen LogP contribution in [0.15, 0.2) is 30.5 Å². The average molecular weight is 317 g/mol. The van der Waals surface area contributed by atoms with Crippen molar-refractivity contribution in [2.75, 3.05) is 5.32 Å². The summed E-state index contributed by atoms with van der Waals surface area (Å²) in [4.78, 5) is 21.9. The molecular formula is C11H7ClF2N4O3. The Morgan fingerprint density at radius 2 is 2.14 bits per heavy atom. The Hall–Kier alpha value is -2.55. The van der Waals surface area contributed by atoms with Crippen molar-refractivity contribution >= 4 is 28.9 Å². The van der Waals surface area contributed by atoms with Gasteiger partial charge < -0.3 is 5.32 Å². The standard InChI is InChI=1S/C11H7ClF2N4O3/c12-7-2-1-6(18(20)21)5-8(7)16-10(19)9-3-4-15-17(9)11(13)14/h1-5,11H,(H,16,19). The van der Waals surface area contributed by atoms with E-state index in [-0.39, 0.29) is 21.1 Å². The van der Waals surface area contributed by atoms with Gasteiger partial charge in [0.15, 0.2) is 0 Å². The SMILES string of the molecule is O=C(Nc1cc([N+](=O)[O-])ccc1Cl)c1ccnn1C(F)F. The van der Waals surface area contributed by atoms with Crippen molar-refractivity contribution in [3.8, 4) is 0 Å². The number of non-ortho nitro benzene ring substituents is 1. The Kier molecular flexibility index (Phi) is 4.13. The number of alkyl halides is 2. The van der Waals surface area contributed by atoms with Gasteiger partial charge >= 0.3 is 6.55 Å². The van der Waals surface area contributed by atoms with E-state index in [2.05, 4.69) is 10.4 Å². The first-order chi connectivity index (χ1) is 9.90. The fraction of sp³-hybridized carbons (Fsp3) is 0.0909. The lowest BCUT2D eigenvalue weighted by molar-refractivity contribution is -0.384. The Labute approximate surface area is 121 Å². The number of halogens is 3. The molecule has 2 rings (SSSR count). The lowest BCUT2D eigenvalue weighted by Crippen LogP contribution is -2.18. The van der Waals surface area contributed by atoms with Crippen LogP contribution in [0.2, 0.25) is 5.02 Å². The van der Waals surface area contributed by atoms with Gasteiger partial charge in [-0.15, -0.1) is 0 Å². The lowest BCUT2D eigenvalue weighted by atomic mass is 10.2. The van der Waals surface area contributed by atoms with E-state index in [1.807, 2.05) is 0 Å². The fourth-order valence-corrected chi connectivity index (χ4v) is 1.72. The van der Waals surface area contributed by atoms with Crippen molar-refractivity contribution in [1.82, 2.24) is 9.78 Å². The van der Waals surface area contributed by atoms with Gasteiger partial charge in [0.25, 0.3) is 11.6 Å². The fourth-order valence-electron chi connectivity index (χ4n) is 1.56. The average Bonchev–Trinajstić information content (AvgIpc) is 2.90. The molecule has 0 saturated carbocycles. The van der Waals surface area contributed by atoms with Crippen LogP contribution in [0.25, 0.3) is 0 Å². The van der Waals surface area contributed by atoms with Crippen molar-refractivity contribution in [2.45, 2.75) is 6.55 Å². The number of aromatic nitrogens is 2. The van der Waals surface area contributed by atoms with Crippen LogP contribution in [0.1, 0.15) is 17.0 Å². The number of nitrogens with one attached hydrogen (secondary N) is 1. The van der Waals surface area contributed by atoms with Crippen LogP contribution in [0, 0.1) is 10.1 Å². The molecule has 0 atom stereocenters. The molecule has 1 amide bonds. The van der Waals surface area contributed by atoms with Crippen LogP contribution < -0.4 is 5.32 Å². The number of benzene rings is 1. The molecule has 0 radical (unpaired) electrons. The first-order valence-corrected chi connectivity index (χ1v) is 5.85. The summed E-state index contributed by atoms with van der Waals surface area (Å²) in [5.41, 5.74) is -0.748. The van der Waals surface area contributed by atoms with Crippen LogP contribution in [0.4, 0.5) is 20.2 Å². The van der Waals surface area contributed by atoms with Crippen LogP contribution in [0.5, 0.6) is 0 Å². The number of carbonyl (C=O) groups is 1. The van der Waals surface area contributed by atoms with Crippen LogP contribution >= 0.6 is 11.6 Å². The highest BCUT2D eigenvalue weighted by molar-refractivity contribution is 6.34. The molecule has 1 aromatic heterocycles. The number of hydrogen-bond acceptors (Lipinski definition) is 4. The highest BCUT2D eigenvalue weighted by Gasteiger charge is 2.19. The monoisotopic (exact) mass is 316 g/mol. The third-order valence-electron chi connectivity index (χ3n) is 2.50. The van der Waals surface area contributed by atoms with E-state index < -0.39 is 23.1 Å². The first kappa shape index (κ1) is 14.9. The number of anilines is 1. The maximum absolute atomic E-state index is 12.6. The second-order valence-corrected chi connectivity index (χ2v) is 4.22. The van der Waals surface area contributed by atoms with Crippen LogP contribution in [-0.4, -0.2) is 20.6 Å². The van der Waals surface area contributed by atoms with Gasteiger partial charge in [0.2, 0.25) is 0 Å². The third kappa shape index (κ3) is 3.14. The number of hydrogen-bond donors (Lipinski definition) is 1. The quantitative estimate of drug-likeness (QED) is 0.693. The van der Waals surface area contributed by atoms with Crippen LogP contribution in [-0.2, 0) is 0 Å². The molecule has 1 heterocycles. The highest BCUT2D eigenvalue weighted by Crippen LogP contribution is 2.27. The Morgan fingerprint density at radius 3 is 2.76 bits per heavy atom. The molecule has 0 fully saturated rings. The Morgan fingerprint density at radius 1 is 1.43 bits per heavy atom. The van der Waals surface area contributed by atoms with Gasteiger partial charge in [-0.25, -0.2) is 0 Å². The summed E-state index contributed by atoms with van der Waals surface area (Å²) in [6.07, 6.45) is 1.04. The predicted octanol–water partition coefficient (Wildman–Crippen LogP) is 3.09. The summed E-state index contributed by atoms with van der Waals surface area (Å²) >= 11 is 5.80. The molecule has 0 aliphatic heterocycles. The maximum atomic E-state index is 12.6. The second kappa shape index (κ2) is 5.83. The van der Waals surface area contributed by atoms with Crippen molar-refractivity contribution in [2.24, 2.45) is 0 Å². The zero-order valence-corrected chi connectivity index (χ0v) is 10.9. The van der Waals surface area contributed by atoms with Crippen LogP contribution in [0.3, 0.4) is 0 Å². The zero-order chi connectivity index (χ0) is 15.6. The zero-order valence-electron chi connectivity index (χ0n) is 10.2. The number of nitrogens with zero attached hydrogens (tertiary/aromatic N) is 3. The van der Waals surface area contributed by atoms with Gasteiger partial charge in [0, 0.05) is 18.3 Å². The van der Waals surface area contributed by atoms with Gasteiger partial charge in [0.1, 0.15) is 5.69 Å². The largest absolute Gasteiger partial charge is 0.333 e. The number of amides is 1. The van der Waals surface area contributed by atoms with Gasteiger partial charge in [0.05, 0.1) is 15.6 Å². The summed E-state index contributed by atoms with van der Waals surface area (Å²) in [5.74, 6) is -0.907. The molecule has 0 bridgehead atoms. The molecule has 21 heavy (non-hydrogen) atoms. The smallest absolute Gasteiger partial charge is 0.319 e. The lowest BCUT2D eigenvalue weighted by Gasteiger charge is -2.08. The second-order valence-electron chi connectivity index (χ2n) is 3.81. The third-order valence-corrected chi connectivity index (χ3v) is 2.83. The summed E-state index contributed by atoms with van der Waals surface area (Å²) in [7, 11) is 0. The van der Waals surface area contributed by atoms with Crippen molar-refractivity contribution in [3.63, 3.8) is 0 Å². The van der Waals surface area contributed by atoms with E-state index >= 15 is 0 Å². The molecule has 1 aromatic carbocycles. The Bertz CT molecular complexity index is 705. The minimum Gasteiger partial charge on any atom is -0.319 e. The van der Waals surface area contributed by atoms with Gasteiger partial charge in [-0.05, 0) is 12.1 Å². The molecule has 0 spiro atoms. The number of nitro groups is 1. The van der Waals surface area contributed by atoms with E-state index in [0.717, 1.165) is 24.4 Å². The minimum absolute atomic E-state index is 0.0389. The Balaban J connectivity index is 2.29. The number of carbonyl (C=O) groups excluding carboxylic acids is 1. The molecule has 0 aliphatic carbocycles. The van der Waals surface area contributed by atoms with Crippen molar-refractivity contribution in [3.05, 3.63) is 51.3 Å². The molecule has 10 heteroatoms. The van der Waals surface area contributed by atoms with Gasteiger partial charge in [-0.2, -0.15) is 18.6 Å². The maximum Gasteiger partial charge on any atom is 0.333 e. The van der Waals surface area contributed by atoms with E-state index in [0.29, 0.717) is 0 Å². The molecule has 0 aliphatic rings.